The summed E-state index contributed by atoms with van der Waals surface area (Å²) in [6, 6.07) is 15.2. The van der Waals surface area contributed by atoms with Crippen molar-refractivity contribution < 1.29 is 14.3 Å². The Morgan fingerprint density at radius 1 is 1.03 bits per heavy atom. The van der Waals surface area contributed by atoms with E-state index in [1.165, 1.54) is 10.6 Å². The van der Waals surface area contributed by atoms with Crippen molar-refractivity contribution in [2.24, 2.45) is 0 Å². The molecule has 1 aliphatic heterocycles. The maximum atomic E-state index is 13.0. The maximum absolute atomic E-state index is 13.0. The van der Waals surface area contributed by atoms with Gasteiger partial charge in [0.1, 0.15) is 6.54 Å². The number of anilines is 1. The number of amides is 2. The highest BCUT2D eigenvalue weighted by molar-refractivity contribution is 6.30. The summed E-state index contributed by atoms with van der Waals surface area (Å²) < 4.78 is 6.67. The first kappa shape index (κ1) is 20.1. The van der Waals surface area contributed by atoms with Crippen molar-refractivity contribution >= 4 is 40.0 Å². The molecule has 3 aromatic rings. The molecule has 0 saturated carbocycles. The lowest BCUT2D eigenvalue weighted by Crippen LogP contribution is -2.41. The van der Waals surface area contributed by atoms with Crippen molar-refractivity contribution in [3.05, 3.63) is 75.5 Å². The first-order valence-corrected chi connectivity index (χ1v) is 9.96. The number of ether oxygens (including phenoxy) is 1. The van der Waals surface area contributed by atoms with Crippen molar-refractivity contribution in [3.63, 3.8) is 0 Å². The molecule has 154 valence electrons. The Morgan fingerprint density at radius 3 is 2.57 bits per heavy atom. The zero-order valence-electron chi connectivity index (χ0n) is 16.1. The first-order valence-electron chi connectivity index (χ1n) is 9.58. The molecule has 0 bridgehead atoms. The summed E-state index contributed by atoms with van der Waals surface area (Å²) in [7, 11) is 0. The predicted molar refractivity (Wildman–Crippen MR) is 115 cm³/mol. The van der Waals surface area contributed by atoms with Crippen molar-refractivity contribution in [2.45, 2.75) is 6.54 Å². The van der Waals surface area contributed by atoms with E-state index >= 15 is 0 Å². The molecular formula is C22H20ClN3O4. The van der Waals surface area contributed by atoms with E-state index in [0.29, 0.717) is 53.5 Å². The van der Waals surface area contributed by atoms with Gasteiger partial charge in [-0.1, -0.05) is 35.9 Å². The minimum absolute atomic E-state index is 0.183. The number of nitrogens with one attached hydrogen (secondary N) is 1. The molecule has 0 aliphatic carbocycles. The predicted octanol–water partition coefficient (Wildman–Crippen LogP) is 2.77. The molecule has 2 heterocycles. The van der Waals surface area contributed by atoms with Gasteiger partial charge in [-0.25, -0.2) is 0 Å². The lowest BCUT2D eigenvalue weighted by Gasteiger charge is -2.27. The summed E-state index contributed by atoms with van der Waals surface area (Å²) in [4.78, 5) is 40.1. The van der Waals surface area contributed by atoms with Crippen LogP contribution < -0.4 is 10.9 Å². The topological polar surface area (TPSA) is 80.6 Å². The average Bonchev–Trinajstić information content (AvgIpc) is 2.75. The van der Waals surface area contributed by atoms with Crippen LogP contribution in [0, 0.1) is 0 Å². The summed E-state index contributed by atoms with van der Waals surface area (Å²) >= 11 is 5.95. The van der Waals surface area contributed by atoms with Crippen molar-refractivity contribution in [3.8, 4) is 0 Å². The van der Waals surface area contributed by atoms with E-state index < -0.39 is 5.56 Å². The summed E-state index contributed by atoms with van der Waals surface area (Å²) in [6.07, 6.45) is 0. The fourth-order valence-corrected chi connectivity index (χ4v) is 3.71. The van der Waals surface area contributed by atoms with Crippen LogP contribution in [0.2, 0.25) is 5.02 Å². The van der Waals surface area contributed by atoms with E-state index in [1.807, 2.05) is 0 Å². The molecule has 1 aromatic heterocycles. The highest BCUT2D eigenvalue weighted by Crippen LogP contribution is 2.20. The molecule has 2 aromatic carbocycles. The molecule has 1 aliphatic rings. The molecule has 0 unspecified atom stereocenters. The number of hydrogen-bond donors (Lipinski definition) is 1. The number of morpholine rings is 1. The Balaban J connectivity index is 1.66. The third kappa shape index (κ3) is 4.22. The van der Waals surface area contributed by atoms with Gasteiger partial charge in [0, 0.05) is 35.3 Å². The van der Waals surface area contributed by atoms with Gasteiger partial charge in [-0.15, -0.1) is 0 Å². The Hall–Kier alpha value is -3.16. The van der Waals surface area contributed by atoms with Gasteiger partial charge in [-0.2, -0.15) is 0 Å². The Bertz CT molecular complexity index is 1170. The maximum Gasteiger partial charge on any atom is 0.254 e. The molecule has 7 nitrogen and oxygen atoms in total. The van der Waals surface area contributed by atoms with Crippen molar-refractivity contribution in [2.75, 3.05) is 31.6 Å². The molecule has 30 heavy (non-hydrogen) atoms. The average molecular weight is 426 g/mol. The summed E-state index contributed by atoms with van der Waals surface area (Å²) in [5.74, 6) is -0.570. The van der Waals surface area contributed by atoms with Crippen LogP contribution in [0.25, 0.3) is 10.9 Å². The largest absolute Gasteiger partial charge is 0.378 e. The van der Waals surface area contributed by atoms with E-state index in [2.05, 4.69) is 5.32 Å². The molecule has 8 heteroatoms. The molecule has 1 saturated heterocycles. The normalized spacial score (nSPS) is 14.0. The van der Waals surface area contributed by atoms with E-state index in [1.54, 1.807) is 53.4 Å². The molecule has 2 amide bonds. The Morgan fingerprint density at radius 2 is 1.80 bits per heavy atom. The first-order chi connectivity index (χ1) is 14.5. The van der Waals surface area contributed by atoms with Crippen LogP contribution in [0.15, 0.2) is 59.4 Å². The lowest BCUT2D eigenvalue weighted by atomic mass is 10.1. The SMILES string of the molecule is O=C(Cn1c(=O)cc(C(=O)N2CCOCC2)c2ccccc21)Nc1cccc(Cl)c1. The molecular weight excluding hydrogens is 406 g/mol. The molecule has 1 fully saturated rings. The third-order valence-electron chi connectivity index (χ3n) is 4.96. The van der Waals surface area contributed by atoms with E-state index in [4.69, 9.17) is 16.3 Å². The van der Waals surface area contributed by atoms with Crippen LogP contribution in [-0.4, -0.2) is 47.6 Å². The van der Waals surface area contributed by atoms with Crippen LogP contribution >= 0.6 is 11.6 Å². The van der Waals surface area contributed by atoms with Gasteiger partial charge in [-0.05, 0) is 24.3 Å². The van der Waals surface area contributed by atoms with E-state index in [0.717, 1.165) is 0 Å². The van der Waals surface area contributed by atoms with Crippen LogP contribution in [0.5, 0.6) is 0 Å². The number of nitrogens with zero attached hydrogens (tertiary/aromatic N) is 2. The van der Waals surface area contributed by atoms with Crippen molar-refractivity contribution in [1.29, 1.82) is 0 Å². The number of rotatable bonds is 4. The zero-order valence-corrected chi connectivity index (χ0v) is 16.9. The number of fused-ring (bicyclic) bond motifs is 1. The third-order valence-corrected chi connectivity index (χ3v) is 5.19. The number of halogens is 1. The van der Waals surface area contributed by atoms with Crippen LogP contribution in [-0.2, 0) is 16.1 Å². The van der Waals surface area contributed by atoms with Crippen molar-refractivity contribution in [1.82, 2.24) is 9.47 Å². The van der Waals surface area contributed by atoms with E-state index in [-0.39, 0.29) is 18.4 Å². The van der Waals surface area contributed by atoms with Gasteiger partial charge >= 0.3 is 0 Å². The Labute approximate surface area is 177 Å². The highest BCUT2D eigenvalue weighted by atomic mass is 35.5. The summed E-state index contributed by atoms with van der Waals surface area (Å²) in [5.41, 5.74) is 1.00. The number of carbonyl (C=O) groups is 2. The molecule has 0 atom stereocenters. The fraction of sp³-hybridized carbons (Fsp3) is 0.227. The van der Waals surface area contributed by atoms with Crippen LogP contribution in [0.4, 0.5) is 5.69 Å². The molecule has 0 radical (unpaired) electrons. The van der Waals surface area contributed by atoms with Gasteiger partial charge in [0.15, 0.2) is 0 Å². The van der Waals surface area contributed by atoms with Gasteiger partial charge < -0.3 is 15.0 Å². The minimum Gasteiger partial charge on any atom is -0.378 e. The lowest BCUT2D eigenvalue weighted by molar-refractivity contribution is -0.116. The number of aromatic nitrogens is 1. The highest BCUT2D eigenvalue weighted by Gasteiger charge is 2.22. The zero-order chi connectivity index (χ0) is 21.1. The van der Waals surface area contributed by atoms with Crippen LogP contribution in [0.1, 0.15) is 10.4 Å². The standard InChI is InChI=1S/C22H20ClN3O4/c23-15-4-3-5-16(12-15)24-20(27)14-26-19-7-2-1-6-17(19)18(13-21(26)28)22(29)25-8-10-30-11-9-25/h1-7,12-13H,8-11,14H2,(H,24,27). The van der Waals surface area contributed by atoms with Crippen LogP contribution in [0.3, 0.4) is 0 Å². The number of hydrogen-bond acceptors (Lipinski definition) is 4. The van der Waals surface area contributed by atoms with Gasteiger partial charge in [0.05, 0.1) is 24.3 Å². The van der Waals surface area contributed by atoms with Gasteiger partial charge in [-0.3, -0.25) is 19.0 Å². The number of carbonyl (C=O) groups excluding carboxylic acids is 2. The summed E-state index contributed by atoms with van der Waals surface area (Å²) in [6.45, 7) is 1.74. The second-order valence-electron chi connectivity index (χ2n) is 6.96. The quantitative estimate of drug-likeness (QED) is 0.697. The monoisotopic (exact) mass is 425 g/mol. The van der Waals surface area contributed by atoms with Gasteiger partial charge in [0.25, 0.3) is 11.5 Å². The second-order valence-corrected chi connectivity index (χ2v) is 7.40. The molecule has 0 spiro atoms. The van der Waals surface area contributed by atoms with E-state index in [9.17, 15) is 14.4 Å². The number of para-hydroxylation sites is 1. The molecule has 1 N–H and O–H groups in total. The number of pyridine rings is 1. The van der Waals surface area contributed by atoms with Gasteiger partial charge in [0.2, 0.25) is 5.91 Å². The summed E-state index contributed by atoms with van der Waals surface area (Å²) in [5, 5.41) is 3.87. The molecule has 4 rings (SSSR count). The fourth-order valence-electron chi connectivity index (χ4n) is 3.52. The minimum atomic E-state index is -0.411. The smallest absolute Gasteiger partial charge is 0.254 e. The Kier molecular flexibility index (Phi) is 5.83. The number of benzene rings is 2. The second kappa shape index (κ2) is 8.69.